The van der Waals surface area contributed by atoms with Gasteiger partial charge in [-0.3, -0.25) is 4.68 Å². The summed E-state index contributed by atoms with van der Waals surface area (Å²) in [5.41, 5.74) is 8.69. The Morgan fingerprint density at radius 1 is 0.362 bits per heavy atom. The van der Waals surface area contributed by atoms with Crippen molar-refractivity contribution >= 4 is 78.4 Å². The molecule has 12 aliphatic rings. The van der Waals surface area contributed by atoms with Crippen molar-refractivity contribution in [2.24, 2.45) is 78.1 Å². The summed E-state index contributed by atoms with van der Waals surface area (Å²) in [6.45, 7) is 15.5. The van der Waals surface area contributed by atoms with E-state index in [0.29, 0.717) is 189 Å². The number of halogens is 8. The van der Waals surface area contributed by atoms with Gasteiger partial charge in [0.2, 0.25) is 0 Å². The first-order valence-corrected chi connectivity index (χ1v) is 49.3. The lowest BCUT2D eigenvalue weighted by Crippen LogP contribution is -2.47. The van der Waals surface area contributed by atoms with Crippen LogP contribution in [0.4, 0.5) is 58.4 Å². The molecular formula is C109H110F8N22O2. The van der Waals surface area contributed by atoms with Gasteiger partial charge in [-0.05, 0) is 245 Å². The van der Waals surface area contributed by atoms with Gasteiger partial charge in [0.05, 0.1) is 38.1 Å². The number of pyridine rings is 4. The zero-order valence-electron chi connectivity index (χ0n) is 79.7. The molecule has 3 aromatic carbocycles. The molecule has 29 rings (SSSR count). The van der Waals surface area contributed by atoms with Crippen LogP contribution in [0.2, 0.25) is 0 Å². The molecule has 32 heteroatoms. The van der Waals surface area contributed by atoms with Gasteiger partial charge in [-0.2, -0.15) is 5.10 Å². The summed E-state index contributed by atoms with van der Waals surface area (Å²) >= 11 is 0. The molecule has 0 saturated heterocycles. The molecule has 0 aliphatic heterocycles. The number of aromatic nitrogens is 18. The first-order chi connectivity index (χ1) is 68.2. The van der Waals surface area contributed by atoms with Crippen molar-refractivity contribution in [1.82, 2.24) is 89.5 Å². The second-order valence-electron chi connectivity index (χ2n) is 41.2. The second kappa shape index (κ2) is 37.5. The molecular weight excluding hydrogens is 1800 g/mol. The molecule has 8 atom stereocenters. The molecule has 14 heterocycles. The van der Waals surface area contributed by atoms with Crippen LogP contribution in [0.3, 0.4) is 0 Å². The Morgan fingerprint density at radius 3 is 0.972 bits per heavy atom. The van der Waals surface area contributed by atoms with E-state index in [-0.39, 0.29) is 81.5 Å². The fourth-order valence-corrected chi connectivity index (χ4v) is 24.2. The van der Waals surface area contributed by atoms with Gasteiger partial charge >= 0.3 is 0 Å². The van der Waals surface area contributed by atoms with Crippen molar-refractivity contribution in [3.8, 4) is 96.5 Å². The van der Waals surface area contributed by atoms with Crippen LogP contribution in [0, 0.1) is 118 Å². The quantitative estimate of drug-likeness (QED) is 0.0393. The number of para-hydroxylation sites is 1. The lowest BCUT2D eigenvalue weighted by atomic mass is 9.62. The highest BCUT2D eigenvalue weighted by Gasteiger charge is 2.47. The Kier molecular flexibility index (Phi) is 24.5. The van der Waals surface area contributed by atoms with E-state index in [0.717, 1.165) is 68.1 Å². The number of nitrogens with one attached hydrogen (secondary N) is 8. The summed E-state index contributed by atoms with van der Waals surface area (Å²) < 4.78 is 133. The topological polar surface area (TPSA) is 306 Å². The van der Waals surface area contributed by atoms with Gasteiger partial charge in [-0.25, -0.2) is 94.9 Å². The Morgan fingerprint density at radius 2 is 0.667 bits per heavy atom. The number of hydrogen-bond acceptors (Lipinski definition) is 19. The molecule has 14 aromatic heterocycles. The third kappa shape index (κ3) is 17.8. The van der Waals surface area contributed by atoms with Gasteiger partial charge in [0, 0.05) is 128 Å². The Labute approximate surface area is 808 Å². The number of benzene rings is 3. The monoisotopic (exact) mass is 1910 g/mol. The third-order valence-electron chi connectivity index (χ3n) is 32.1. The number of H-pyrrole nitrogens is 4. The first kappa shape index (κ1) is 92.0. The maximum Gasteiger partial charge on any atom is 0.194 e. The minimum atomic E-state index is -0.546. The number of anilines is 4. The van der Waals surface area contributed by atoms with Gasteiger partial charge in [0.1, 0.15) is 80.0 Å². The fraction of sp³-hybridized carbons (Fsp3) is 0.385. The van der Waals surface area contributed by atoms with Crippen LogP contribution < -0.4 is 26.0 Å². The predicted octanol–water partition coefficient (Wildman–Crippen LogP) is 25.6. The maximum atomic E-state index is 16.1. The third-order valence-corrected chi connectivity index (χ3v) is 32.1. The van der Waals surface area contributed by atoms with Crippen LogP contribution in [0.15, 0.2) is 170 Å². The highest BCUT2D eigenvalue weighted by Crippen LogP contribution is 2.52. The molecule has 8 N–H and O–H groups in total. The van der Waals surface area contributed by atoms with Crippen LogP contribution in [-0.2, 0) is 12.5 Å². The summed E-state index contributed by atoms with van der Waals surface area (Å²) in [6, 6.07) is 30.5. The van der Waals surface area contributed by atoms with E-state index in [2.05, 4.69) is 155 Å². The molecule has 12 aliphatic carbocycles. The number of hydrogen-bond donors (Lipinski definition) is 8. The number of methoxy groups -OCH3 is 1. The van der Waals surface area contributed by atoms with Gasteiger partial charge in [0.25, 0.3) is 0 Å². The van der Waals surface area contributed by atoms with Crippen molar-refractivity contribution in [2.75, 3.05) is 28.4 Å². The fourth-order valence-electron chi connectivity index (χ4n) is 24.2. The summed E-state index contributed by atoms with van der Waals surface area (Å²) in [6.07, 6.45) is 33.9. The number of fused-ring (bicyclic) bond motifs is 17. The van der Waals surface area contributed by atoms with Crippen molar-refractivity contribution in [3.63, 3.8) is 0 Å². The Hall–Kier alpha value is -14.1. The van der Waals surface area contributed by atoms with Crippen molar-refractivity contribution in [3.05, 3.63) is 217 Å². The zero-order valence-corrected chi connectivity index (χ0v) is 79.7. The molecule has 12 fully saturated rings. The SMILES string of the molecule is CC1C2CCC(CC2)C1Nc1nc(-c2c[nH]c3ncc(F)cc23)nc(-c2cc3ccccc3o2)c1F.CC1C2CCC(CC2)C1Nc1nc(-c2c[nH]c3ncc(F)cc23)nc(-c2ccc(C(C)(C)C)cc2)c1F.CC1C2CCC(CC2)C1Nc1nc(-c2c[nH]c3ncc(F)cc23)nc(-c2cnn(C)c2)c1F.COc1ccc(-c2nc(-c3c[nH]c4ncc(F)cc34)nc(NC3C4CCC(CC4)C3C)c2F)cc1. The van der Waals surface area contributed by atoms with Crippen LogP contribution in [0.1, 0.15) is 157 Å². The molecule has 0 amide bonds. The standard InChI is InChI=1S/C30H33F2N5.C28H25F2N5O.C27H27F2N5O.C24H25F2N7/c1-16-17-5-7-18(8-6-17)25(16)35-29-24(32)26(19-9-11-20(12-10-19)30(2,3)4)36-28(37-29)23-15-34-27-22(23)13-21(31)14-33-27;1-14-15-6-8-16(9-7-15)24(14)33-28-23(30)25(22-10-17-4-2-3-5-21(17)36-22)34-27(35-28)20-13-32-26-19(20)11-18(29)12-31-26;1-14-15-3-5-16(6-4-15)23(14)32-27-22(29)24(17-7-9-19(35-2)10-8-17)33-26(34-27)21-13-31-25-20(21)11-18(28)12-30-25;1-12-13-3-5-14(6-4-13)20(12)30-24-19(26)21(15-8-29-33(2)11-15)31-23(32-24)18-10-28-22-17(18)7-16(25)9-27-22/h9-18,25H,5-8H2,1-4H3,(H,33,34)(H,35,36,37);2-5,10-16,24H,6-9H2,1H3,(H,31,32)(H,33,34,35);7-16,23H,3-6H2,1-2H3,(H,30,31)(H,32,33,34);7-14,20H,3-6H2,1-2H3,(H,27,28)(H,30,31,32). The second-order valence-corrected chi connectivity index (χ2v) is 41.2. The van der Waals surface area contributed by atoms with E-state index in [4.69, 9.17) is 9.15 Å². The lowest BCUT2D eigenvalue weighted by Gasteiger charge is -2.47. The van der Waals surface area contributed by atoms with Crippen LogP contribution in [-0.4, -0.2) is 121 Å². The molecule has 0 radical (unpaired) electrons. The van der Waals surface area contributed by atoms with Gasteiger partial charge in [0.15, 0.2) is 75.6 Å². The number of rotatable bonds is 17. The average Bonchev–Trinajstić information content (AvgIpc) is 1.66. The number of furan rings is 1. The molecule has 724 valence electrons. The first-order valence-electron chi connectivity index (χ1n) is 49.3. The van der Waals surface area contributed by atoms with Gasteiger partial charge in [-0.15, -0.1) is 0 Å². The summed E-state index contributed by atoms with van der Waals surface area (Å²) in [7, 11) is 3.36. The van der Waals surface area contributed by atoms with Gasteiger partial charge in [-0.1, -0.05) is 90.9 Å². The average molecular weight is 1910 g/mol. The van der Waals surface area contributed by atoms with Crippen molar-refractivity contribution in [2.45, 2.75) is 181 Å². The smallest absolute Gasteiger partial charge is 0.194 e. The molecule has 17 aromatic rings. The Balaban J connectivity index is 0.000000108. The molecule has 0 spiro atoms. The van der Waals surface area contributed by atoms with E-state index in [1.54, 1.807) is 86.4 Å². The zero-order chi connectivity index (χ0) is 97.1. The summed E-state index contributed by atoms with van der Waals surface area (Å²) in [4.78, 5) is 65.6. The molecule has 8 bridgehead atoms. The van der Waals surface area contributed by atoms with Gasteiger partial charge < -0.3 is 50.4 Å². The molecule has 12 saturated carbocycles. The number of aromatic amines is 4. The van der Waals surface area contributed by atoms with E-state index < -0.39 is 46.5 Å². The van der Waals surface area contributed by atoms with Crippen LogP contribution in [0.25, 0.3) is 146 Å². The predicted molar refractivity (Wildman–Crippen MR) is 530 cm³/mol. The molecule has 24 nitrogen and oxygen atoms in total. The van der Waals surface area contributed by atoms with Crippen molar-refractivity contribution < 1.29 is 44.3 Å². The maximum absolute atomic E-state index is 16.1. The number of nitrogens with zero attached hydrogens (tertiary/aromatic N) is 14. The largest absolute Gasteiger partial charge is 0.497 e. The number of aryl methyl sites for hydroxylation is 1. The summed E-state index contributed by atoms with van der Waals surface area (Å²) in [5, 5.41) is 21.2. The van der Waals surface area contributed by atoms with E-state index >= 15 is 17.6 Å². The van der Waals surface area contributed by atoms with E-state index in [1.807, 2.05) is 48.5 Å². The van der Waals surface area contributed by atoms with E-state index in [1.165, 1.54) is 94.7 Å². The lowest BCUT2D eigenvalue weighted by molar-refractivity contribution is 0.0926. The molecule has 8 unspecified atom stereocenters. The van der Waals surface area contributed by atoms with Crippen LogP contribution in [0.5, 0.6) is 5.75 Å². The summed E-state index contributed by atoms with van der Waals surface area (Å²) in [5.74, 6) is 5.58. The highest BCUT2D eigenvalue weighted by atomic mass is 19.2. The number of ether oxygens (including phenoxy) is 1. The molecule has 141 heavy (non-hydrogen) atoms. The minimum Gasteiger partial charge on any atom is -0.497 e. The normalized spacial score (nSPS) is 23.8. The van der Waals surface area contributed by atoms with Crippen molar-refractivity contribution in [1.29, 1.82) is 0 Å². The van der Waals surface area contributed by atoms with E-state index in [9.17, 15) is 17.6 Å². The van der Waals surface area contributed by atoms with Crippen LogP contribution >= 0.6 is 0 Å². The highest BCUT2D eigenvalue weighted by molar-refractivity contribution is 5.96. The minimum absolute atomic E-state index is 0.0157. The Bertz CT molecular complexity index is 7480.